The zero-order valence-electron chi connectivity index (χ0n) is 12.9. The van der Waals surface area contributed by atoms with E-state index < -0.39 is 0 Å². The number of nitrogen functional groups attached to an aromatic ring is 1. The van der Waals surface area contributed by atoms with E-state index in [4.69, 9.17) is 17.3 Å². The minimum Gasteiger partial charge on any atom is -0.399 e. The quantitative estimate of drug-likeness (QED) is 0.439. The summed E-state index contributed by atoms with van der Waals surface area (Å²) in [6.07, 6.45) is 1.46. The molecule has 1 aromatic heterocycles. The highest BCUT2D eigenvalue weighted by atomic mass is 35.5. The van der Waals surface area contributed by atoms with E-state index in [1.54, 1.807) is 43.3 Å². The number of nitrogens with two attached hydrogens (primary N) is 1. The molecule has 0 atom stereocenters. The van der Waals surface area contributed by atoms with Crippen molar-refractivity contribution in [2.24, 2.45) is 5.10 Å². The molecule has 4 N–H and O–H groups in total. The highest BCUT2D eigenvalue weighted by Gasteiger charge is 2.07. The van der Waals surface area contributed by atoms with Crippen LogP contribution in [0.25, 0.3) is 0 Å². The molecule has 0 radical (unpaired) electrons. The van der Waals surface area contributed by atoms with Gasteiger partial charge >= 0.3 is 0 Å². The lowest BCUT2D eigenvalue weighted by Gasteiger charge is -2.05. The maximum absolute atomic E-state index is 11.9. The molecule has 2 amide bonds. The van der Waals surface area contributed by atoms with Crippen LogP contribution in [0, 0.1) is 0 Å². The third kappa shape index (κ3) is 5.36. The van der Waals surface area contributed by atoms with Gasteiger partial charge in [0.05, 0.1) is 11.4 Å². The molecule has 0 bridgehead atoms. The maximum atomic E-state index is 11.9. The van der Waals surface area contributed by atoms with Crippen molar-refractivity contribution in [1.82, 2.24) is 10.4 Å². The van der Waals surface area contributed by atoms with Gasteiger partial charge in [-0.3, -0.25) is 9.59 Å². The third-order valence-electron chi connectivity index (χ3n) is 2.93. The molecule has 2 aromatic rings. The Morgan fingerprint density at radius 2 is 1.92 bits per heavy atom. The minimum absolute atomic E-state index is 0.0202. The van der Waals surface area contributed by atoms with Gasteiger partial charge in [0.1, 0.15) is 5.82 Å². The number of hydrazone groups is 1. The van der Waals surface area contributed by atoms with Crippen molar-refractivity contribution in [2.45, 2.75) is 13.3 Å². The average Bonchev–Trinajstić information content (AvgIpc) is 2.55. The van der Waals surface area contributed by atoms with Crippen molar-refractivity contribution in [1.29, 1.82) is 0 Å². The topological polar surface area (TPSA) is 109 Å². The molecule has 0 spiro atoms. The van der Waals surface area contributed by atoms with E-state index in [2.05, 4.69) is 20.8 Å². The van der Waals surface area contributed by atoms with Crippen LogP contribution in [0.3, 0.4) is 0 Å². The Morgan fingerprint density at radius 1 is 1.21 bits per heavy atom. The van der Waals surface area contributed by atoms with Crippen LogP contribution in [0.1, 0.15) is 23.7 Å². The molecule has 2 rings (SSSR count). The van der Waals surface area contributed by atoms with E-state index in [-0.39, 0.29) is 18.2 Å². The molecular formula is C16H16ClN5O2. The number of pyridine rings is 1. The molecule has 7 nitrogen and oxygen atoms in total. The molecule has 8 heteroatoms. The molecular weight excluding hydrogens is 330 g/mol. The van der Waals surface area contributed by atoms with Gasteiger partial charge in [-0.1, -0.05) is 11.6 Å². The predicted octanol–water partition coefficient (Wildman–Crippen LogP) is 2.45. The van der Waals surface area contributed by atoms with Crippen molar-refractivity contribution < 1.29 is 9.59 Å². The Kier molecular flexibility index (Phi) is 5.86. The Bertz CT molecular complexity index is 757. The number of benzene rings is 1. The maximum Gasteiger partial charge on any atom is 0.271 e. The summed E-state index contributed by atoms with van der Waals surface area (Å²) in [5.41, 5.74) is 9.39. The number of carbonyl (C=O) groups excluding carboxylic acids is 2. The fraction of sp³-hybridized carbons (Fsp3) is 0.125. The van der Waals surface area contributed by atoms with Gasteiger partial charge in [0, 0.05) is 23.2 Å². The first-order valence-electron chi connectivity index (χ1n) is 7.04. The number of anilines is 2. The van der Waals surface area contributed by atoms with Crippen LogP contribution >= 0.6 is 11.6 Å². The Balaban J connectivity index is 1.86. The summed E-state index contributed by atoms with van der Waals surface area (Å²) in [7, 11) is 0. The molecule has 24 heavy (non-hydrogen) atoms. The van der Waals surface area contributed by atoms with Gasteiger partial charge in [0.15, 0.2) is 0 Å². The van der Waals surface area contributed by atoms with Gasteiger partial charge in [0.25, 0.3) is 5.91 Å². The van der Waals surface area contributed by atoms with Crippen LogP contribution in [0.2, 0.25) is 5.02 Å². The van der Waals surface area contributed by atoms with E-state index in [1.165, 1.54) is 6.20 Å². The minimum atomic E-state index is -0.380. The SMILES string of the molecule is CC(CC(=O)Nc1ccc(Cl)cn1)=NNC(=O)c1ccc(N)cc1. The fourth-order valence-electron chi connectivity index (χ4n) is 1.75. The number of halogens is 1. The number of hydrogen-bond donors (Lipinski definition) is 3. The van der Waals surface area contributed by atoms with Crippen molar-refractivity contribution in [2.75, 3.05) is 11.1 Å². The van der Waals surface area contributed by atoms with Gasteiger partial charge in [-0.25, -0.2) is 10.4 Å². The largest absolute Gasteiger partial charge is 0.399 e. The molecule has 1 aromatic carbocycles. The second-order valence-corrected chi connectivity index (χ2v) is 5.43. The lowest BCUT2D eigenvalue weighted by Crippen LogP contribution is -2.21. The summed E-state index contributed by atoms with van der Waals surface area (Å²) in [6.45, 7) is 1.64. The van der Waals surface area contributed by atoms with E-state index >= 15 is 0 Å². The average molecular weight is 346 g/mol. The Morgan fingerprint density at radius 3 is 2.54 bits per heavy atom. The summed E-state index contributed by atoms with van der Waals surface area (Å²) in [6, 6.07) is 9.65. The Hall–Kier alpha value is -2.93. The molecule has 0 aliphatic heterocycles. The van der Waals surface area contributed by atoms with Crippen LogP contribution in [0.5, 0.6) is 0 Å². The smallest absolute Gasteiger partial charge is 0.271 e. The molecule has 0 unspecified atom stereocenters. The first-order valence-corrected chi connectivity index (χ1v) is 7.42. The second-order valence-electron chi connectivity index (χ2n) is 5.00. The summed E-state index contributed by atoms with van der Waals surface area (Å²) >= 11 is 5.72. The zero-order chi connectivity index (χ0) is 17.5. The Labute approximate surface area is 143 Å². The molecule has 0 fully saturated rings. The number of nitrogens with one attached hydrogen (secondary N) is 2. The van der Waals surface area contributed by atoms with Gasteiger partial charge < -0.3 is 11.1 Å². The van der Waals surface area contributed by atoms with Gasteiger partial charge in [-0.15, -0.1) is 0 Å². The monoisotopic (exact) mass is 345 g/mol. The van der Waals surface area contributed by atoms with Gasteiger partial charge in [-0.2, -0.15) is 5.10 Å². The predicted molar refractivity (Wildman–Crippen MR) is 93.9 cm³/mol. The molecule has 0 saturated heterocycles. The lowest BCUT2D eigenvalue weighted by molar-refractivity contribution is -0.115. The van der Waals surface area contributed by atoms with Crippen LogP contribution in [0.15, 0.2) is 47.7 Å². The highest BCUT2D eigenvalue weighted by molar-refractivity contribution is 6.30. The number of aromatic nitrogens is 1. The van der Waals surface area contributed by atoms with E-state index in [0.29, 0.717) is 27.8 Å². The first kappa shape index (κ1) is 17.4. The molecule has 0 aliphatic rings. The summed E-state index contributed by atoms with van der Waals surface area (Å²) < 4.78 is 0. The second kappa shape index (κ2) is 8.07. The number of carbonyl (C=O) groups is 2. The van der Waals surface area contributed by atoms with Crippen molar-refractivity contribution in [3.8, 4) is 0 Å². The van der Waals surface area contributed by atoms with Crippen LogP contribution in [0.4, 0.5) is 11.5 Å². The number of rotatable bonds is 5. The van der Waals surface area contributed by atoms with E-state index in [9.17, 15) is 9.59 Å². The van der Waals surface area contributed by atoms with E-state index in [1.807, 2.05) is 0 Å². The zero-order valence-corrected chi connectivity index (χ0v) is 13.7. The van der Waals surface area contributed by atoms with Crippen molar-refractivity contribution in [3.05, 3.63) is 53.2 Å². The number of amides is 2. The van der Waals surface area contributed by atoms with Gasteiger partial charge in [-0.05, 0) is 43.3 Å². The fourth-order valence-corrected chi connectivity index (χ4v) is 1.87. The summed E-state index contributed by atoms with van der Waals surface area (Å²) in [5, 5.41) is 6.99. The van der Waals surface area contributed by atoms with Crippen molar-refractivity contribution in [3.63, 3.8) is 0 Å². The van der Waals surface area contributed by atoms with Crippen molar-refractivity contribution >= 4 is 40.6 Å². The number of nitrogens with zero attached hydrogens (tertiary/aromatic N) is 2. The van der Waals surface area contributed by atoms with Crippen LogP contribution in [-0.2, 0) is 4.79 Å². The molecule has 0 saturated carbocycles. The summed E-state index contributed by atoms with van der Waals surface area (Å²) in [4.78, 5) is 27.7. The van der Waals surface area contributed by atoms with Crippen LogP contribution < -0.4 is 16.5 Å². The normalized spacial score (nSPS) is 11.0. The van der Waals surface area contributed by atoms with E-state index in [0.717, 1.165) is 0 Å². The molecule has 124 valence electrons. The molecule has 0 aliphatic carbocycles. The van der Waals surface area contributed by atoms with Crippen LogP contribution in [-0.4, -0.2) is 22.5 Å². The number of hydrogen-bond acceptors (Lipinski definition) is 5. The lowest BCUT2D eigenvalue weighted by atomic mass is 10.2. The molecule has 1 heterocycles. The highest BCUT2D eigenvalue weighted by Crippen LogP contribution is 2.09. The standard InChI is InChI=1S/C16H16ClN5O2/c1-10(8-15(23)20-14-7-4-12(17)9-19-14)21-22-16(24)11-2-5-13(18)6-3-11/h2-7,9H,8,18H2,1H3,(H,22,24)(H,19,20,23). The van der Waals surface area contributed by atoms with Gasteiger partial charge in [0.2, 0.25) is 5.91 Å². The third-order valence-corrected chi connectivity index (χ3v) is 3.16. The first-order chi connectivity index (χ1) is 11.4. The summed E-state index contributed by atoms with van der Waals surface area (Å²) in [5.74, 6) is -0.287.